The highest BCUT2D eigenvalue weighted by Gasteiger charge is 2.53. The van der Waals surface area contributed by atoms with Crippen LogP contribution < -0.4 is 10.6 Å². The fraction of sp³-hybridized carbons (Fsp3) is 0.278. The van der Waals surface area contributed by atoms with Crippen LogP contribution in [0.25, 0.3) is 10.1 Å². The van der Waals surface area contributed by atoms with E-state index in [1.807, 2.05) is 0 Å². The van der Waals surface area contributed by atoms with Crippen molar-refractivity contribution in [3.63, 3.8) is 0 Å². The van der Waals surface area contributed by atoms with Crippen molar-refractivity contribution < 1.29 is 23.9 Å². The molecule has 1 saturated heterocycles. The number of halogens is 1. The van der Waals surface area contributed by atoms with E-state index in [-0.39, 0.29) is 18.1 Å². The predicted molar refractivity (Wildman–Crippen MR) is 106 cm³/mol. The van der Waals surface area contributed by atoms with Gasteiger partial charge in [-0.1, -0.05) is 12.1 Å². The third-order valence-corrected chi connectivity index (χ3v) is 7.10. The number of benzene rings is 1. The molecule has 0 bridgehead atoms. The van der Waals surface area contributed by atoms with Gasteiger partial charge in [-0.3, -0.25) is 14.5 Å². The first kappa shape index (κ1) is 18.8. The van der Waals surface area contributed by atoms with E-state index in [1.54, 1.807) is 24.4 Å². The molecule has 0 radical (unpaired) electrons. The fourth-order valence-corrected chi connectivity index (χ4v) is 5.56. The molecule has 3 N–H and O–H groups in total. The van der Waals surface area contributed by atoms with Crippen LogP contribution in [0.5, 0.6) is 0 Å². The lowest BCUT2D eigenvalue weighted by molar-refractivity contribution is -0.150. The van der Waals surface area contributed by atoms with Gasteiger partial charge in [-0.15, -0.1) is 23.1 Å². The minimum absolute atomic E-state index is 0.00384. The van der Waals surface area contributed by atoms with E-state index in [0.717, 1.165) is 0 Å². The highest BCUT2D eigenvalue weighted by Crippen LogP contribution is 2.40. The average molecular weight is 421 g/mol. The highest BCUT2D eigenvalue weighted by molar-refractivity contribution is 8.00. The maximum atomic E-state index is 13.8. The third-order valence-electron chi connectivity index (χ3n) is 4.67. The summed E-state index contributed by atoms with van der Waals surface area (Å²) in [6.07, 6.45) is 0. The standard InChI is InChI=1S/C18H16FN3O4S2/c1-8-6-28-17-13(16(24)22(17)14(8)18(25)26)21-12(23)5-20-11-7-27-15-9(11)3-2-4-10(15)19/h2-4,7,13,17,20H,5-6H2,1H3,(H,21,23)(H,25,26)/t13?,17-/m0/s1. The Bertz CT molecular complexity index is 1040. The normalized spacial score (nSPS) is 21.4. The zero-order valence-electron chi connectivity index (χ0n) is 14.7. The van der Waals surface area contributed by atoms with Gasteiger partial charge in [0.15, 0.2) is 0 Å². The summed E-state index contributed by atoms with van der Waals surface area (Å²) in [6.45, 7) is 1.61. The van der Waals surface area contributed by atoms with Gasteiger partial charge in [0.2, 0.25) is 5.91 Å². The number of carbonyl (C=O) groups excluding carboxylic acids is 2. The first-order chi connectivity index (χ1) is 13.4. The van der Waals surface area contributed by atoms with E-state index in [9.17, 15) is 23.9 Å². The number of carboxylic acids is 1. The van der Waals surface area contributed by atoms with Crippen molar-refractivity contribution in [1.29, 1.82) is 0 Å². The summed E-state index contributed by atoms with van der Waals surface area (Å²) < 4.78 is 14.3. The maximum absolute atomic E-state index is 13.8. The lowest BCUT2D eigenvalue weighted by Gasteiger charge is -2.49. The number of thioether (sulfide) groups is 1. The zero-order chi connectivity index (χ0) is 20.0. The second-order valence-corrected chi connectivity index (χ2v) is 8.49. The monoisotopic (exact) mass is 421 g/mol. The summed E-state index contributed by atoms with van der Waals surface area (Å²) in [5.74, 6) is -1.78. The van der Waals surface area contributed by atoms with E-state index < -0.39 is 29.2 Å². The molecular weight excluding hydrogens is 405 g/mol. The Morgan fingerprint density at radius 1 is 1.39 bits per heavy atom. The zero-order valence-corrected chi connectivity index (χ0v) is 16.3. The Morgan fingerprint density at radius 3 is 2.93 bits per heavy atom. The molecule has 7 nitrogen and oxygen atoms in total. The Morgan fingerprint density at radius 2 is 2.18 bits per heavy atom. The maximum Gasteiger partial charge on any atom is 0.352 e. The second-order valence-electron chi connectivity index (χ2n) is 6.51. The number of carboxylic acid groups (broad SMARTS) is 1. The molecule has 10 heteroatoms. The quantitative estimate of drug-likeness (QED) is 0.641. The van der Waals surface area contributed by atoms with E-state index in [4.69, 9.17) is 0 Å². The van der Waals surface area contributed by atoms with Gasteiger partial charge in [0.25, 0.3) is 5.91 Å². The van der Waals surface area contributed by atoms with Crippen molar-refractivity contribution in [3.8, 4) is 0 Å². The molecule has 2 aliphatic rings. The molecule has 2 atom stereocenters. The molecule has 146 valence electrons. The Labute approximate surface area is 167 Å². The third kappa shape index (κ3) is 3.02. The highest BCUT2D eigenvalue weighted by atomic mass is 32.2. The molecule has 2 aliphatic heterocycles. The van der Waals surface area contributed by atoms with Gasteiger partial charge in [-0.25, -0.2) is 9.18 Å². The van der Waals surface area contributed by atoms with Gasteiger partial charge in [0.1, 0.15) is 22.9 Å². The second kappa shape index (κ2) is 7.10. The average Bonchev–Trinajstić information content (AvgIpc) is 3.08. The van der Waals surface area contributed by atoms with E-state index in [2.05, 4.69) is 10.6 Å². The largest absolute Gasteiger partial charge is 0.477 e. The number of fused-ring (bicyclic) bond motifs is 2. The molecule has 1 unspecified atom stereocenters. The van der Waals surface area contributed by atoms with Gasteiger partial charge in [-0.05, 0) is 18.6 Å². The Kier molecular flexibility index (Phi) is 4.76. The fourth-order valence-electron chi connectivity index (χ4n) is 3.33. The van der Waals surface area contributed by atoms with E-state index in [0.29, 0.717) is 27.1 Å². The Balaban J connectivity index is 1.39. The first-order valence-corrected chi connectivity index (χ1v) is 10.4. The van der Waals surface area contributed by atoms with Crippen LogP contribution in [0.3, 0.4) is 0 Å². The summed E-state index contributed by atoms with van der Waals surface area (Å²) in [5, 5.41) is 17.0. The van der Waals surface area contributed by atoms with Gasteiger partial charge in [0.05, 0.1) is 16.9 Å². The lowest BCUT2D eigenvalue weighted by Crippen LogP contribution is -2.70. The summed E-state index contributed by atoms with van der Waals surface area (Å²) in [4.78, 5) is 37.3. The van der Waals surface area contributed by atoms with Crippen molar-refractivity contribution in [1.82, 2.24) is 10.2 Å². The summed E-state index contributed by atoms with van der Waals surface area (Å²) in [7, 11) is 0. The number of amides is 2. The van der Waals surface area contributed by atoms with Gasteiger partial charge < -0.3 is 15.7 Å². The molecular formula is C18H16FN3O4S2. The van der Waals surface area contributed by atoms with Crippen LogP contribution in [-0.2, 0) is 14.4 Å². The molecule has 1 fully saturated rings. The molecule has 3 heterocycles. The van der Waals surface area contributed by atoms with Crippen LogP contribution in [0.1, 0.15) is 6.92 Å². The molecule has 4 rings (SSSR count). The van der Waals surface area contributed by atoms with Gasteiger partial charge in [0, 0.05) is 16.5 Å². The number of hydrogen-bond donors (Lipinski definition) is 3. The molecule has 1 aromatic carbocycles. The number of hydrogen-bond acceptors (Lipinski definition) is 6. The summed E-state index contributed by atoms with van der Waals surface area (Å²) >= 11 is 2.67. The number of carbonyl (C=O) groups is 3. The van der Waals surface area contributed by atoms with Gasteiger partial charge >= 0.3 is 5.97 Å². The van der Waals surface area contributed by atoms with Crippen LogP contribution in [0.15, 0.2) is 34.8 Å². The molecule has 2 amide bonds. The van der Waals surface area contributed by atoms with E-state index >= 15 is 0 Å². The minimum Gasteiger partial charge on any atom is -0.477 e. The number of β-lactam (4-membered cyclic amide) rings is 1. The van der Waals surface area contributed by atoms with Crippen LogP contribution >= 0.6 is 23.1 Å². The molecule has 0 spiro atoms. The smallest absolute Gasteiger partial charge is 0.352 e. The first-order valence-electron chi connectivity index (χ1n) is 8.45. The predicted octanol–water partition coefficient (Wildman–Crippen LogP) is 2.21. The number of rotatable bonds is 5. The van der Waals surface area contributed by atoms with Crippen LogP contribution in [-0.4, -0.2) is 51.5 Å². The number of anilines is 1. The lowest BCUT2D eigenvalue weighted by atomic mass is 10.0. The van der Waals surface area contributed by atoms with Crippen molar-refractivity contribution in [2.75, 3.05) is 17.6 Å². The summed E-state index contributed by atoms with van der Waals surface area (Å²) in [6, 6.07) is 4.00. The van der Waals surface area contributed by atoms with Crippen LogP contribution in [0.4, 0.5) is 10.1 Å². The summed E-state index contributed by atoms with van der Waals surface area (Å²) in [5.41, 5.74) is 1.28. The molecule has 1 aromatic heterocycles. The topological polar surface area (TPSA) is 98.7 Å². The number of thiophene rings is 1. The minimum atomic E-state index is -1.14. The SMILES string of the molecule is CC1=C(C(=O)O)N2C(=O)C(NC(=O)CNc3csc4c(F)cccc34)[C@@H]2SC1. The number of aliphatic carboxylic acids is 1. The van der Waals surface area contributed by atoms with Crippen LogP contribution in [0, 0.1) is 5.82 Å². The van der Waals surface area contributed by atoms with Crippen molar-refractivity contribution in [3.05, 3.63) is 40.7 Å². The molecule has 0 aliphatic carbocycles. The van der Waals surface area contributed by atoms with Gasteiger partial charge in [-0.2, -0.15) is 0 Å². The number of nitrogens with zero attached hydrogens (tertiary/aromatic N) is 1. The van der Waals surface area contributed by atoms with Crippen LogP contribution in [0.2, 0.25) is 0 Å². The molecule has 0 saturated carbocycles. The van der Waals surface area contributed by atoms with Crippen molar-refractivity contribution >= 4 is 56.7 Å². The van der Waals surface area contributed by atoms with Crippen molar-refractivity contribution in [2.45, 2.75) is 18.3 Å². The number of nitrogens with one attached hydrogen (secondary N) is 2. The van der Waals surface area contributed by atoms with Crippen molar-refractivity contribution in [2.24, 2.45) is 0 Å². The molecule has 2 aromatic rings. The Hall–Kier alpha value is -2.59. The molecule has 28 heavy (non-hydrogen) atoms. The van der Waals surface area contributed by atoms with E-state index in [1.165, 1.54) is 34.1 Å².